The quantitative estimate of drug-likeness (QED) is 0.680. The number of aromatic nitrogens is 1. The molecule has 3 rings (SSSR count). The van der Waals surface area contributed by atoms with E-state index < -0.39 is 0 Å². The van der Waals surface area contributed by atoms with Gasteiger partial charge >= 0.3 is 0 Å². The zero-order valence-corrected chi connectivity index (χ0v) is 17.9. The third-order valence-corrected chi connectivity index (χ3v) is 6.11. The van der Waals surface area contributed by atoms with Crippen molar-refractivity contribution in [1.82, 2.24) is 10.3 Å². The molecule has 2 unspecified atom stereocenters. The monoisotopic (exact) mass is 467 g/mol. The number of halogens is 3. The lowest BCUT2D eigenvalue weighted by atomic mass is 9.84. The Kier molecular flexibility index (Phi) is 9.67. The predicted molar refractivity (Wildman–Crippen MR) is 113 cm³/mol. The molecule has 0 bridgehead atoms. The number of aryl methyl sites for hydroxylation is 1. The van der Waals surface area contributed by atoms with E-state index in [9.17, 15) is 4.79 Å². The standard InChI is InChI=1S/C17H22BrN3OS.2ClH/c18-12-5-6-15-14(9-12)21-17(23-15)8-7-16(22)20-13-4-2-1-3-11(13)10-19;;/h5-6,9,11,13H,1-4,7-8,10,19H2,(H,20,22);2*1H. The summed E-state index contributed by atoms with van der Waals surface area (Å²) >= 11 is 5.13. The lowest BCUT2D eigenvalue weighted by Crippen LogP contribution is -2.44. The van der Waals surface area contributed by atoms with Gasteiger partial charge in [0.15, 0.2) is 0 Å². The third kappa shape index (κ3) is 6.07. The molecule has 2 aromatic rings. The number of amides is 1. The maximum absolute atomic E-state index is 12.2. The lowest BCUT2D eigenvalue weighted by Gasteiger charge is -2.31. The molecule has 2 atom stereocenters. The van der Waals surface area contributed by atoms with Gasteiger partial charge in [-0.3, -0.25) is 4.79 Å². The molecule has 8 heteroatoms. The molecule has 0 spiro atoms. The number of nitrogens with one attached hydrogen (secondary N) is 1. The van der Waals surface area contributed by atoms with Crippen molar-refractivity contribution in [3.05, 3.63) is 27.7 Å². The minimum Gasteiger partial charge on any atom is -0.353 e. The molecule has 140 valence electrons. The van der Waals surface area contributed by atoms with Crippen LogP contribution in [0.1, 0.15) is 37.1 Å². The molecule has 1 aromatic heterocycles. The summed E-state index contributed by atoms with van der Waals surface area (Å²) in [4.78, 5) is 16.8. The summed E-state index contributed by atoms with van der Waals surface area (Å²) in [6, 6.07) is 6.36. The highest BCUT2D eigenvalue weighted by atomic mass is 79.9. The van der Waals surface area contributed by atoms with Crippen LogP contribution in [0.2, 0.25) is 0 Å². The van der Waals surface area contributed by atoms with E-state index in [0.717, 1.165) is 27.8 Å². The average molecular weight is 469 g/mol. The predicted octanol–water partition coefficient (Wildman–Crippen LogP) is 4.47. The first-order chi connectivity index (χ1) is 11.2. The molecule has 1 aliphatic rings. The van der Waals surface area contributed by atoms with Crippen LogP contribution in [0, 0.1) is 5.92 Å². The van der Waals surface area contributed by atoms with Crippen LogP contribution >= 0.6 is 52.1 Å². The zero-order valence-electron chi connectivity index (χ0n) is 13.9. The van der Waals surface area contributed by atoms with Crippen LogP contribution in [0.25, 0.3) is 10.2 Å². The van der Waals surface area contributed by atoms with Crippen LogP contribution in [-0.4, -0.2) is 23.5 Å². The molecule has 1 fully saturated rings. The SMILES string of the molecule is Cl.Cl.NCC1CCCCC1NC(=O)CCc1nc2cc(Br)ccc2s1. The number of thiazole rings is 1. The van der Waals surface area contributed by atoms with Gasteiger partial charge in [0.2, 0.25) is 5.91 Å². The summed E-state index contributed by atoms with van der Waals surface area (Å²) in [7, 11) is 0. The van der Waals surface area contributed by atoms with Crippen molar-refractivity contribution in [1.29, 1.82) is 0 Å². The molecule has 0 aliphatic heterocycles. The molecule has 1 saturated carbocycles. The highest BCUT2D eigenvalue weighted by Crippen LogP contribution is 2.26. The fraction of sp³-hybridized carbons (Fsp3) is 0.529. The van der Waals surface area contributed by atoms with E-state index in [0.29, 0.717) is 25.3 Å². The van der Waals surface area contributed by atoms with Gasteiger partial charge in [0, 0.05) is 23.4 Å². The topological polar surface area (TPSA) is 68.0 Å². The fourth-order valence-electron chi connectivity index (χ4n) is 3.23. The number of rotatable bonds is 5. The maximum Gasteiger partial charge on any atom is 0.220 e. The largest absolute Gasteiger partial charge is 0.353 e. The summed E-state index contributed by atoms with van der Waals surface area (Å²) in [5.74, 6) is 0.559. The lowest BCUT2D eigenvalue weighted by molar-refractivity contribution is -0.122. The van der Waals surface area contributed by atoms with Crippen molar-refractivity contribution in [2.24, 2.45) is 11.7 Å². The molecule has 1 heterocycles. The van der Waals surface area contributed by atoms with E-state index in [1.807, 2.05) is 12.1 Å². The van der Waals surface area contributed by atoms with Crippen LogP contribution in [0.4, 0.5) is 0 Å². The van der Waals surface area contributed by atoms with Gasteiger partial charge in [-0.2, -0.15) is 0 Å². The summed E-state index contributed by atoms with van der Waals surface area (Å²) in [5, 5.41) is 4.20. The average Bonchev–Trinajstić information content (AvgIpc) is 2.95. The van der Waals surface area contributed by atoms with Crippen molar-refractivity contribution in [3.63, 3.8) is 0 Å². The van der Waals surface area contributed by atoms with Crippen molar-refractivity contribution >= 4 is 68.2 Å². The number of hydrogen-bond acceptors (Lipinski definition) is 4. The van der Waals surface area contributed by atoms with Gasteiger partial charge < -0.3 is 11.1 Å². The molecule has 1 aliphatic carbocycles. The summed E-state index contributed by atoms with van der Waals surface area (Å²) < 4.78 is 2.20. The Morgan fingerprint density at radius 3 is 2.84 bits per heavy atom. The molecule has 1 amide bonds. The highest BCUT2D eigenvalue weighted by Gasteiger charge is 2.25. The molecule has 4 nitrogen and oxygen atoms in total. The second-order valence-electron chi connectivity index (χ2n) is 6.17. The van der Waals surface area contributed by atoms with E-state index >= 15 is 0 Å². The van der Waals surface area contributed by atoms with Crippen molar-refractivity contribution in [2.75, 3.05) is 6.54 Å². The summed E-state index contributed by atoms with van der Waals surface area (Å²) in [5.41, 5.74) is 6.82. The van der Waals surface area contributed by atoms with Gasteiger partial charge in [0.1, 0.15) is 0 Å². The molecule has 25 heavy (non-hydrogen) atoms. The maximum atomic E-state index is 12.2. The Bertz CT molecular complexity index is 698. The first kappa shape index (κ1) is 22.6. The highest BCUT2D eigenvalue weighted by molar-refractivity contribution is 9.10. The Labute approximate surface area is 173 Å². The molecule has 0 radical (unpaired) electrons. The van der Waals surface area contributed by atoms with Gasteiger partial charge in [-0.1, -0.05) is 28.8 Å². The van der Waals surface area contributed by atoms with Crippen LogP contribution in [0.3, 0.4) is 0 Å². The zero-order chi connectivity index (χ0) is 16.2. The van der Waals surface area contributed by atoms with Crippen molar-refractivity contribution < 1.29 is 4.79 Å². The van der Waals surface area contributed by atoms with Crippen LogP contribution in [0.15, 0.2) is 22.7 Å². The van der Waals surface area contributed by atoms with Crippen LogP contribution in [-0.2, 0) is 11.2 Å². The van der Waals surface area contributed by atoms with E-state index in [-0.39, 0.29) is 36.8 Å². The number of nitrogens with two attached hydrogens (primary N) is 1. The van der Waals surface area contributed by atoms with Gasteiger partial charge in [0.25, 0.3) is 0 Å². The Hall–Kier alpha value is -0.400. The normalized spacial score (nSPS) is 19.8. The number of fused-ring (bicyclic) bond motifs is 1. The number of nitrogens with zero attached hydrogens (tertiary/aromatic N) is 1. The number of carbonyl (C=O) groups is 1. The second kappa shape index (κ2) is 10.7. The number of hydrogen-bond donors (Lipinski definition) is 2. The number of carbonyl (C=O) groups excluding carboxylic acids is 1. The van der Waals surface area contributed by atoms with Crippen molar-refractivity contribution in [3.8, 4) is 0 Å². The molecular formula is C17H24BrCl2N3OS. The van der Waals surface area contributed by atoms with Crippen LogP contribution < -0.4 is 11.1 Å². The first-order valence-corrected chi connectivity index (χ1v) is 9.81. The van der Waals surface area contributed by atoms with Gasteiger partial charge in [-0.05, 0) is 43.5 Å². The smallest absolute Gasteiger partial charge is 0.220 e. The van der Waals surface area contributed by atoms with Crippen molar-refractivity contribution in [2.45, 2.75) is 44.6 Å². The minimum atomic E-state index is 0. The van der Waals surface area contributed by atoms with E-state index in [1.54, 1.807) is 11.3 Å². The molecule has 0 saturated heterocycles. The second-order valence-corrected chi connectivity index (χ2v) is 8.20. The molecule has 3 N–H and O–H groups in total. The van der Waals surface area contributed by atoms with Crippen LogP contribution in [0.5, 0.6) is 0 Å². The summed E-state index contributed by atoms with van der Waals surface area (Å²) in [6.45, 7) is 0.664. The minimum absolute atomic E-state index is 0. The van der Waals surface area contributed by atoms with E-state index in [2.05, 4.69) is 32.3 Å². The molecule has 1 aromatic carbocycles. The van der Waals surface area contributed by atoms with Gasteiger partial charge in [-0.25, -0.2) is 4.98 Å². The first-order valence-electron chi connectivity index (χ1n) is 8.20. The Balaban J connectivity index is 0.00000156. The molecular weight excluding hydrogens is 445 g/mol. The number of benzene rings is 1. The Morgan fingerprint density at radius 1 is 1.32 bits per heavy atom. The Morgan fingerprint density at radius 2 is 2.08 bits per heavy atom. The van der Waals surface area contributed by atoms with Gasteiger partial charge in [0.05, 0.1) is 15.2 Å². The van der Waals surface area contributed by atoms with E-state index in [4.69, 9.17) is 5.73 Å². The van der Waals surface area contributed by atoms with E-state index in [1.165, 1.54) is 17.5 Å². The third-order valence-electron chi connectivity index (χ3n) is 4.52. The van der Waals surface area contributed by atoms with Gasteiger partial charge in [-0.15, -0.1) is 36.2 Å². The fourth-order valence-corrected chi connectivity index (χ4v) is 4.53. The summed E-state index contributed by atoms with van der Waals surface area (Å²) in [6.07, 6.45) is 5.80.